The van der Waals surface area contributed by atoms with Crippen LogP contribution in [0.15, 0.2) is 53.1 Å². The SMILES string of the molecule is CCOC(=O)COc1cccc(N2CCOC(C(O)C(=O)Nc3ccc(-c4noc(O)n4)cc3)C2=O)c1.N. The smallest absolute Gasteiger partial charge is 0.415 e. The number of nitrogens with one attached hydrogen (secondary N) is 1. The molecule has 1 aliphatic heterocycles. The Morgan fingerprint density at radius 2 is 2.00 bits per heavy atom. The number of aromatic hydroxyl groups is 1. The number of benzene rings is 2. The quantitative estimate of drug-likeness (QED) is 0.289. The van der Waals surface area contributed by atoms with Crippen LogP contribution in [0.2, 0.25) is 0 Å². The van der Waals surface area contributed by atoms with Crippen molar-refractivity contribution in [3.05, 3.63) is 48.5 Å². The second-order valence-corrected chi connectivity index (χ2v) is 7.78. The third-order valence-corrected chi connectivity index (χ3v) is 5.29. The van der Waals surface area contributed by atoms with E-state index in [0.29, 0.717) is 22.7 Å². The Kier molecular flexibility index (Phi) is 9.32. The van der Waals surface area contributed by atoms with Gasteiger partial charge in [0.15, 0.2) is 18.8 Å². The van der Waals surface area contributed by atoms with Gasteiger partial charge in [-0.3, -0.25) is 14.1 Å². The van der Waals surface area contributed by atoms with Crippen LogP contribution in [0.1, 0.15) is 6.92 Å². The zero-order chi connectivity index (χ0) is 26.4. The van der Waals surface area contributed by atoms with Crippen molar-refractivity contribution in [2.45, 2.75) is 19.1 Å². The first kappa shape index (κ1) is 28.0. The van der Waals surface area contributed by atoms with E-state index in [9.17, 15) is 24.6 Å². The standard InChI is InChI=1S/C24H24N4O9.H3N/c1-2-34-18(29)13-36-17-5-3-4-16(12-17)28-10-11-35-20(23(28)32)19(30)22(31)25-15-8-6-14(7-9-15)21-26-24(33)37-27-21;/h3-9,12,19-20,30H,2,10-11,13H2,1H3,(H,25,31)(H,26,27,33);1H3. The molecular formula is C24H27N5O9. The van der Waals surface area contributed by atoms with E-state index in [0.717, 1.165) is 0 Å². The molecule has 2 amide bonds. The molecule has 0 bridgehead atoms. The van der Waals surface area contributed by atoms with Crippen molar-refractivity contribution >= 4 is 29.2 Å². The highest BCUT2D eigenvalue weighted by atomic mass is 16.6. The van der Waals surface area contributed by atoms with Crippen LogP contribution in [0.4, 0.5) is 11.4 Å². The summed E-state index contributed by atoms with van der Waals surface area (Å²) in [4.78, 5) is 42.4. The second-order valence-electron chi connectivity index (χ2n) is 7.78. The van der Waals surface area contributed by atoms with E-state index in [2.05, 4.69) is 20.0 Å². The summed E-state index contributed by atoms with van der Waals surface area (Å²) in [6.07, 6.45) is -3.79. The van der Waals surface area contributed by atoms with Gasteiger partial charge in [-0.2, -0.15) is 4.98 Å². The summed E-state index contributed by atoms with van der Waals surface area (Å²) in [5.74, 6) is -1.46. The van der Waals surface area contributed by atoms with Crippen LogP contribution in [-0.2, 0) is 23.9 Å². The summed E-state index contributed by atoms with van der Waals surface area (Å²) in [5, 5.41) is 25.9. The highest BCUT2D eigenvalue weighted by Crippen LogP contribution is 2.25. The number of carbonyl (C=O) groups excluding carboxylic acids is 3. The second kappa shape index (κ2) is 12.6. The lowest BCUT2D eigenvalue weighted by molar-refractivity contribution is -0.150. The number of esters is 1. The fourth-order valence-electron chi connectivity index (χ4n) is 3.56. The molecule has 1 saturated heterocycles. The molecule has 2 atom stereocenters. The van der Waals surface area contributed by atoms with Crippen molar-refractivity contribution in [1.82, 2.24) is 16.3 Å². The maximum atomic E-state index is 13.1. The van der Waals surface area contributed by atoms with E-state index in [1.54, 1.807) is 43.3 Å². The van der Waals surface area contributed by atoms with Crippen molar-refractivity contribution in [3.8, 4) is 23.2 Å². The van der Waals surface area contributed by atoms with Crippen LogP contribution in [0.5, 0.6) is 11.8 Å². The lowest BCUT2D eigenvalue weighted by Crippen LogP contribution is -2.55. The van der Waals surface area contributed by atoms with Crippen molar-refractivity contribution in [2.75, 3.05) is 36.6 Å². The summed E-state index contributed by atoms with van der Waals surface area (Å²) in [6, 6.07) is 12.7. The van der Waals surface area contributed by atoms with Gasteiger partial charge in [0.1, 0.15) is 5.75 Å². The highest BCUT2D eigenvalue weighted by Gasteiger charge is 2.39. The van der Waals surface area contributed by atoms with Gasteiger partial charge in [0.05, 0.1) is 13.2 Å². The molecule has 2 aromatic carbocycles. The van der Waals surface area contributed by atoms with Crippen molar-refractivity contribution in [2.24, 2.45) is 0 Å². The molecule has 0 radical (unpaired) electrons. The fourth-order valence-corrected chi connectivity index (χ4v) is 3.56. The molecule has 1 aliphatic rings. The number of rotatable bonds is 9. The van der Waals surface area contributed by atoms with E-state index < -0.39 is 36.1 Å². The summed E-state index contributed by atoms with van der Waals surface area (Å²) < 4.78 is 20.2. The lowest BCUT2D eigenvalue weighted by Gasteiger charge is -2.34. The Bertz CT molecular complexity index is 1260. The molecule has 1 aromatic heterocycles. The van der Waals surface area contributed by atoms with Crippen LogP contribution >= 0.6 is 0 Å². The first-order chi connectivity index (χ1) is 17.9. The summed E-state index contributed by atoms with van der Waals surface area (Å²) in [6.45, 7) is 1.92. The number of hydrogen-bond donors (Lipinski definition) is 4. The normalized spacial score (nSPS) is 15.8. The van der Waals surface area contributed by atoms with Gasteiger partial charge in [-0.05, 0) is 43.3 Å². The third kappa shape index (κ3) is 6.61. The number of amides is 2. The number of nitrogens with zero attached hydrogens (tertiary/aromatic N) is 3. The molecule has 2 heterocycles. The maximum absolute atomic E-state index is 13.1. The van der Waals surface area contributed by atoms with Crippen molar-refractivity contribution < 1.29 is 43.3 Å². The average Bonchev–Trinajstić information content (AvgIpc) is 3.34. The number of aromatic nitrogens is 2. The van der Waals surface area contributed by atoms with E-state index in [1.165, 1.54) is 17.0 Å². The van der Waals surface area contributed by atoms with Crippen molar-refractivity contribution in [1.29, 1.82) is 0 Å². The molecule has 0 aliphatic carbocycles. The lowest BCUT2D eigenvalue weighted by atomic mass is 10.1. The number of morpholine rings is 1. The predicted molar refractivity (Wildman–Crippen MR) is 132 cm³/mol. The number of anilines is 2. The molecule has 1 fully saturated rings. The molecule has 3 aromatic rings. The number of carbonyl (C=O) groups is 3. The predicted octanol–water partition coefficient (Wildman–Crippen LogP) is 1.28. The maximum Gasteiger partial charge on any atom is 0.415 e. The molecule has 6 N–H and O–H groups in total. The number of ether oxygens (including phenoxy) is 3. The summed E-state index contributed by atoms with van der Waals surface area (Å²) in [7, 11) is 0. The van der Waals surface area contributed by atoms with Crippen LogP contribution < -0.4 is 21.1 Å². The van der Waals surface area contributed by atoms with Gasteiger partial charge in [-0.15, -0.1) is 0 Å². The minimum absolute atomic E-state index is 0. The number of hydrogen-bond acceptors (Lipinski definition) is 12. The Morgan fingerprint density at radius 1 is 1.24 bits per heavy atom. The average molecular weight is 530 g/mol. The Labute approximate surface area is 216 Å². The molecule has 0 spiro atoms. The van der Waals surface area contributed by atoms with Crippen molar-refractivity contribution in [3.63, 3.8) is 0 Å². The van der Waals surface area contributed by atoms with Gasteiger partial charge in [-0.1, -0.05) is 11.2 Å². The molecule has 202 valence electrons. The zero-order valence-corrected chi connectivity index (χ0v) is 20.4. The first-order valence-electron chi connectivity index (χ1n) is 11.3. The van der Waals surface area contributed by atoms with Gasteiger partial charge in [0.2, 0.25) is 5.82 Å². The minimum atomic E-state index is -1.78. The molecule has 0 saturated carbocycles. The Morgan fingerprint density at radius 3 is 2.68 bits per heavy atom. The molecule has 2 unspecified atom stereocenters. The van der Waals surface area contributed by atoms with E-state index in [1.807, 2.05) is 0 Å². The van der Waals surface area contributed by atoms with Crippen LogP contribution in [-0.4, -0.2) is 76.7 Å². The summed E-state index contributed by atoms with van der Waals surface area (Å²) in [5.41, 5.74) is 1.32. The minimum Gasteiger partial charge on any atom is -0.482 e. The third-order valence-electron chi connectivity index (χ3n) is 5.29. The monoisotopic (exact) mass is 529 g/mol. The van der Waals surface area contributed by atoms with Crippen LogP contribution in [0.25, 0.3) is 11.4 Å². The topological polar surface area (TPSA) is 209 Å². The van der Waals surface area contributed by atoms with Crippen LogP contribution in [0, 0.1) is 0 Å². The zero-order valence-electron chi connectivity index (χ0n) is 20.4. The Hall–Kier alpha value is -4.53. The van der Waals surface area contributed by atoms with Gasteiger partial charge < -0.3 is 40.8 Å². The van der Waals surface area contributed by atoms with Gasteiger partial charge in [0.25, 0.3) is 11.8 Å². The largest absolute Gasteiger partial charge is 0.482 e. The van der Waals surface area contributed by atoms with Crippen LogP contribution in [0.3, 0.4) is 0 Å². The van der Waals surface area contributed by atoms with E-state index in [4.69, 9.17) is 14.2 Å². The first-order valence-corrected chi connectivity index (χ1v) is 11.3. The molecular weight excluding hydrogens is 502 g/mol. The fraction of sp³-hybridized carbons (Fsp3) is 0.292. The van der Waals surface area contributed by atoms with Gasteiger partial charge in [-0.25, -0.2) is 4.79 Å². The molecule has 14 heteroatoms. The highest BCUT2D eigenvalue weighted by molar-refractivity contribution is 6.03. The van der Waals surface area contributed by atoms with E-state index >= 15 is 0 Å². The van der Waals surface area contributed by atoms with Gasteiger partial charge in [0, 0.05) is 29.5 Å². The number of aliphatic hydroxyl groups is 1. The molecule has 4 rings (SSSR count). The Balaban J connectivity index is 0.00000400. The molecule has 38 heavy (non-hydrogen) atoms. The number of aliphatic hydroxyl groups excluding tert-OH is 1. The van der Waals surface area contributed by atoms with Gasteiger partial charge >= 0.3 is 12.0 Å². The molecule has 14 nitrogen and oxygen atoms in total. The summed E-state index contributed by atoms with van der Waals surface area (Å²) >= 11 is 0. The van der Waals surface area contributed by atoms with E-state index in [-0.39, 0.29) is 38.3 Å².